The van der Waals surface area contributed by atoms with E-state index in [1.54, 1.807) is 12.1 Å². The van der Waals surface area contributed by atoms with Crippen molar-refractivity contribution in [3.63, 3.8) is 0 Å². The van der Waals surface area contributed by atoms with Gasteiger partial charge >= 0.3 is 0 Å². The van der Waals surface area contributed by atoms with Crippen molar-refractivity contribution in [3.8, 4) is 0 Å². The molecule has 4 nitrogen and oxygen atoms in total. The maximum Gasteiger partial charge on any atom is 0.274 e. The van der Waals surface area contributed by atoms with Crippen LogP contribution in [0.3, 0.4) is 0 Å². The number of nitrogens with one attached hydrogen (secondary N) is 1. The summed E-state index contributed by atoms with van der Waals surface area (Å²) in [7, 11) is -3.72. The summed E-state index contributed by atoms with van der Waals surface area (Å²) in [6, 6.07) is 5.67. The Morgan fingerprint density at radius 2 is 1.82 bits per heavy atom. The highest BCUT2D eigenvalue weighted by atomic mass is 32.2. The number of hydrogen-bond donors (Lipinski definition) is 2. The fourth-order valence-electron chi connectivity index (χ4n) is 1.50. The molecule has 96 valence electrons. The van der Waals surface area contributed by atoms with Crippen LogP contribution in [0, 0.1) is 11.7 Å². The average molecular weight is 260 g/mol. The summed E-state index contributed by atoms with van der Waals surface area (Å²) >= 11 is 0. The van der Waals surface area contributed by atoms with Crippen molar-refractivity contribution in [1.82, 2.24) is 4.72 Å². The lowest BCUT2D eigenvalue weighted by Gasteiger charge is -2.21. The number of rotatable bonds is 5. The van der Waals surface area contributed by atoms with E-state index in [1.165, 1.54) is 12.1 Å². The minimum atomic E-state index is -3.72. The lowest BCUT2D eigenvalue weighted by atomic mass is 9.97. The molecule has 3 N–H and O–H groups in total. The van der Waals surface area contributed by atoms with Crippen molar-refractivity contribution in [2.45, 2.75) is 26.3 Å². The van der Waals surface area contributed by atoms with Crippen LogP contribution in [0.25, 0.3) is 0 Å². The SMILES string of the molecule is CC(C)C(Cc1ccc(F)cc1)NS(N)(=O)=O. The van der Waals surface area contributed by atoms with Crippen LogP contribution in [0.15, 0.2) is 24.3 Å². The van der Waals surface area contributed by atoms with Gasteiger partial charge in [-0.2, -0.15) is 13.1 Å². The van der Waals surface area contributed by atoms with Crippen molar-refractivity contribution in [1.29, 1.82) is 0 Å². The van der Waals surface area contributed by atoms with Crippen LogP contribution in [0.2, 0.25) is 0 Å². The van der Waals surface area contributed by atoms with Crippen molar-refractivity contribution in [3.05, 3.63) is 35.6 Å². The van der Waals surface area contributed by atoms with E-state index in [1.807, 2.05) is 13.8 Å². The molecule has 0 fully saturated rings. The smallest absolute Gasteiger partial charge is 0.216 e. The van der Waals surface area contributed by atoms with Gasteiger partial charge < -0.3 is 0 Å². The second-order valence-corrected chi connectivity index (χ2v) is 5.67. The first-order valence-electron chi connectivity index (χ1n) is 5.32. The lowest BCUT2D eigenvalue weighted by molar-refractivity contribution is 0.445. The summed E-state index contributed by atoms with van der Waals surface area (Å²) in [4.78, 5) is 0. The molecule has 0 amide bonds. The van der Waals surface area contributed by atoms with E-state index in [0.717, 1.165) is 5.56 Å². The van der Waals surface area contributed by atoms with E-state index in [4.69, 9.17) is 5.14 Å². The van der Waals surface area contributed by atoms with E-state index < -0.39 is 10.2 Å². The van der Waals surface area contributed by atoms with E-state index in [2.05, 4.69) is 4.72 Å². The molecular formula is C11H17FN2O2S. The Morgan fingerprint density at radius 1 is 1.29 bits per heavy atom. The first-order chi connectivity index (χ1) is 7.78. The zero-order valence-electron chi connectivity index (χ0n) is 9.85. The van der Waals surface area contributed by atoms with Crippen LogP contribution in [-0.4, -0.2) is 14.5 Å². The second-order valence-electron chi connectivity index (χ2n) is 4.34. The number of hydrogen-bond acceptors (Lipinski definition) is 2. The first kappa shape index (κ1) is 14.1. The van der Waals surface area contributed by atoms with Crippen LogP contribution in [0.1, 0.15) is 19.4 Å². The molecule has 1 aromatic carbocycles. The number of nitrogens with two attached hydrogens (primary N) is 1. The van der Waals surface area contributed by atoms with Gasteiger partial charge in [-0.25, -0.2) is 9.53 Å². The molecule has 6 heteroatoms. The van der Waals surface area contributed by atoms with Gasteiger partial charge in [0.2, 0.25) is 0 Å². The van der Waals surface area contributed by atoms with Gasteiger partial charge in [-0.15, -0.1) is 0 Å². The molecule has 0 saturated carbocycles. The van der Waals surface area contributed by atoms with Gasteiger partial charge in [0.05, 0.1) is 0 Å². The Bertz CT molecular complexity index is 457. The predicted molar refractivity (Wildman–Crippen MR) is 65.0 cm³/mol. The van der Waals surface area contributed by atoms with E-state index in [0.29, 0.717) is 6.42 Å². The summed E-state index contributed by atoms with van der Waals surface area (Å²) in [5.74, 6) is -0.215. The van der Waals surface area contributed by atoms with Crippen molar-refractivity contribution in [2.75, 3.05) is 0 Å². The molecule has 1 unspecified atom stereocenters. The Morgan fingerprint density at radius 3 is 2.24 bits per heavy atom. The van der Waals surface area contributed by atoms with Gasteiger partial charge in [0.25, 0.3) is 10.2 Å². The molecule has 0 aliphatic rings. The monoisotopic (exact) mass is 260 g/mol. The third-order valence-corrected chi connectivity index (χ3v) is 3.12. The first-order valence-corrected chi connectivity index (χ1v) is 6.87. The summed E-state index contributed by atoms with van der Waals surface area (Å²) in [6.07, 6.45) is 0.481. The zero-order chi connectivity index (χ0) is 13.1. The average Bonchev–Trinajstić information content (AvgIpc) is 2.18. The highest BCUT2D eigenvalue weighted by molar-refractivity contribution is 7.87. The maximum absolute atomic E-state index is 12.7. The standard InChI is InChI=1S/C11H17FN2O2S/c1-8(2)11(14-17(13,15)16)7-9-3-5-10(12)6-4-9/h3-6,8,11,14H,7H2,1-2H3,(H2,13,15,16). The highest BCUT2D eigenvalue weighted by Gasteiger charge is 2.18. The molecule has 1 atom stereocenters. The second kappa shape index (κ2) is 5.57. The van der Waals surface area contributed by atoms with Crippen LogP contribution in [-0.2, 0) is 16.6 Å². The van der Waals surface area contributed by atoms with E-state index >= 15 is 0 Å². The van der Waals surface area contributed by atoms with Crippen LogP contribution >= 0.6 is 0 Å². The summed E-state index contributed by atoms with van der Waals surface area (Å²) < 4.78 is 37.1. The molecule has 0 bridgehead atoms. The number of benzene rings is 1. The summed E-state index contributed by atoms with van der Waals surface area (Å²) in [5.41, 5.74) is 0.862. The molecule has 0 heterocycles. The molecule has 0 saturated heterocycles. The normalized spacial score (nSPS) is 13.9. The molecule has 1 aromatic rings. The Hall–Kier alpha value is -0.980. The fraction of sp³-hybridized carbons (Fsp3) is 0.455. The molecule has 1 rings (SSSR count). The van der Waals surface area contributed by atoms with Gasteiger partial charge in [0.1, 0.15) is 5.82 Å². The molecule has 17 heavy (non-hydrogen) atoms. The fourth-order valence-corrected chi connectivity index (χ4v) is 2.28. The molecule has 0 radical (unpaired) electrons. The third kappa shape index (κ3) is 5.25. The Labute approximate surface area is 101 Å². The third-order valence-electron chi connectivity index (χ3n) is 2.49. The molecular weight excluding hydrogens is 243 g/mol. The van der Waals surface area contributed by atoms with Gasteiger partial charge in [-0.3, -0.25) is 0 Å². The van der Waals surface area contributed by atoms with E-state index in [-0.39, 0.29) is 17.8 Å². The molecule has 0 spiro atoms. The maximum atomic E-state index is 12.7. The van der Waals surface area contributed by atoms with Gasteiger partial charge in [0.15, 0.2) is 0 Å². The zero-order valence-corrected chi connectivity index (χ0v) is 10.7. The minimum absolute atomic E-state index is 0.0957. The van der Waals surface area contributed by atoms with Gasteiger partial charge in [-0.1, -0.05) is 26.0 Å². The summed E-state index contributed by atoms with van der Waals surface area (Å²) in [6.45, 7) is 3.79. The van der Waals surface area contributed by atoms with Gasteiger partial charge in [-0.05, 0) is 30.0 Å². The molecule has 0 aliphatic heterocycles. The van der Waals surface area contributed by atoms with Crippen LogP contribution in [0.4, 0.5) is 4.39 Å². The quantitative estimate of drug-likeness (QED) is 0.834. The van der Waals surface area contributed by atoms with Crippen LogP contribution < -0.4 is 9.86 Å². The van der Waals surface area contributed by atoms with Crippen molar-refractivity contribution >= 4 is 10.2 Å². The largest absolute Gasteiger partial charge is 0.274 e. The van der Waals surface area contributed by atoms with Crippen molar-refractivity contribution in [2.24, 2.45) is 11.1 Å². The highest BCUT2D eigenvalue weighted by Crippen LogP contribution is 2.11. The topological polar surface area (TPSA) is 72.2 Å². The van der Waals surface area contributed by atoms with E-state index in [9.17, 15) is 12.8 Å². The molecule has 0 aliphatic carbocycles. The lowest BCUT2D eigenvalue weighted by Crippen LogP contribution is -2.43. The Kier molecular flexibility index (Phi) is 4.62. The van der Waals surface area contributed by atoms with Crippen molar-refractivity contribution < 1.29 is 12.8 Å². The minimum Gasteiger partial charge on any atom is -0.216 e. The number of halogens is 1. The molecule has 0 aromatic heterocycles. The van der Waals surface area contributed by atoms with Crippen LogP contribution in [0.5, 0.6) is 0 Å². The predicted octanol–water partition coefficient (Wildman–Crippen LogP) is 1.19. The summed E-state index contributed by atoms with van der Waals surface area (Å²) in [5, 5.41) is 4.95. The Balaban J connectivity index is 2.77. The van der Waals surface area contributed by atoms with Gasteiger partial charge in [0, 0.05) is 6.04 Å².